The molecule has 2 aliphatic rings. The Bertz CT molecular complexity index is 1400. The summed E-state index contributed by atoms with van der Waals surface area (Å²) in [5.74, 6) is 0.496. The first-order chi connectivity index (χ1) is 15.6. The normalized spacial score (nSPS) is 19.9. The van der Waals surface area contributed by atoms with Crippen molar-refractivity contribution in [1.82, 2.24) is 10.3 Å². The Labute approximate surface area is 188 Å². The average Bonchev–Trinajstić information content (AvgIpc) is 3.23. The van der Waals surface area contributed by atoms with Gasteiger partial charge in [-0.3, -0.25) is 4.31 Å². The van der Waals surface area contributed by atoms with Gasteiger partial charge in [0.2, 0.25) is 0 Å². The predicted octanol–water partition coefficient (Wildman–Crippen LogP) is 4.57. The molecule has 1 aliphatic carbocycles. The molecule has 2 N–H and O–H groups in total. The van der Waals surface area contributed by atoms with Crippen molar-refractivity contribution in [2.75, 3.05) is 10.8 Å². The van der Waals surface area contributed by atoms with Crippen LogP contribution in [0.2, 0.25) is 0 Å². The minimum Gasteiger partial charge on any atom is -0.361 e. The molecular formula is C26H25N3O2S. The van der Waals surface area contributed by atoms with E-state index in [1.807, 2.05) is 18.3 Å². The first kappa shape index (κ1) is 19.6. The Morgan fingerprint density at radius 2 is 1.88 bits per heavy atom. The zero-order valence-corrected chi connectivity index (χ0v) is 18.5. The summed E-state index contributed by atoms with van der Waals surface area (Å²) in [6.45, 7) is 1.36. The molecule has 1 saturated carbocycles. The first-order valence-electron chi connectivity index (χ1n) is 11.1. The molecule has 0 amide bonds. The molecule has 4 aromatic rings. The van der Waals surface area contributed by atoms with Gasteiger partial charge in [-0.15, -0.1) is 0 Å². The van der Waals surface area contributed by atoms with Gasteiger partial charge < -0.3 is 10.3 Å². The predicted molar refractivity (Wildman–Crippen MR) is 127 cm³/mol. The molecule has 0 radical (unpaired) electrons. The molecule has 1 fully saturated rings. The zero-order valence-electron chi connectivity index (χ0n) is 17.7. The number of nitrogens with one attached hydrogen (secondary N) is 2. The fraction of sp³-hybridized carbons (Fsp3) is 0.231. The van der Waals surface area contributed by atoms with Crippen LogP contribution >= 0.6 is 0 Å². The Hall–Kier alpha value is -3.09. The van der Waals surface area contributed by atoms with Crippen LogP contribution in [0.25, 0.3) is 10.9 Å². The van der Waals surface area contributed by atoms with Crippen LogP contribution in [0, 0.1) is 0 Å². The van der Waals surface area contributed by atoms with E-state index in [1.54, 1.807) is 28.6 Å². The molecule has 3 aromatic carbocycles. The smallest absolute Gasteiger partial charge is 0.264 e. The second-order valence-corrected chi connectivity index (χ2v) is 10.6. The van der Waals surface area contributed by atoms with Crippen LogP contribution in [0.3, 0.4) is 0 Å². The van der Waals surface area contributed by atoms with E-state index in [4.69, 9.17) is 0 Å². The molecule has 0 spiro atoms. The molecular weight excluding hydrogens is 418 g/mol. The van der Waals surface area contributed by atoms with Gasteiger partial charge >= 0.3 is 0 Å². The van der Waals surface area contributed by atoms with Gasteiger partial charge in [-0.2, -0.15) is 0 Å². The number of anilines is 1. The van der Waals surface area contributed by atoms with E-state index in [1.165, 1.54) is 22.0 Å². The van der Waals surface area contributed by atoms with E-state index in [9.17, 15) is 8.42 Å². The highest BCUT2D eigenvalue weighted by Gasteiger charge is 2.39. The van der Waals surface area contributed by atoms with Crippen LogP contribution in [0.5, 0.6) is 0 Å². The number of aromatic amines is 1. The Balaban J connectivity index is 1.14. The van der Waals surface area contributed by atoms with Crippen molar-refractivity contribution in [1.29, 1.82) is 0 Å². The van der Waals surface area contributed by atoms with Crippen LogP contribution in [-0.2, 0) is 23.0 Å². The molecule has 2 heterocycles. The van der Waals surface area contributed by atoms with Gasteiger partial charge in [-0.1, -0.05) is 36.4 Å². The summed E-state index contributed by atoms with van der Waals surface area (Å²) in [6, 6.07) is 24.1. The lowest BCUT2D eigenvalue weighted by atomic mass is 10.0. The topological polar surface area (TPSA) is 65.2 Å². The lowest BCUT2D eigenvalue weighted by molar-refractivity contribution is 0.592. The number of rotatable bonds is 6. The minimum atomic E-state index is -3.51. The highest BCUT2D eigenvalue weighted by atomic mass is 32.2. The van der Waals surface area contributed by atoms with E-state index >= 15 is 0 Å². The molecule has 2 unspecified atom stereocenters. The molecule has 6 rings (SSSR count). The van der Waals surface area contributed by atoms with Crippen molar-refractivity contribution < 1.29 is 8.42 Å². The molecule has 0 saturated heterocycles. The standard InChI is InChI=1S/C26H25N3O2S/c30-32(31,22-4-2-1-3-5-22)29-13-11-21-15-19(7-9-26(21)29)23-16-25(23)28-17-18-6-8-24-20(14-18)10-12-27-24/h1-10,12,14-15,23,25,27-28H,11,13,16-17H2. The third-order valence-electron chi connectivity index (χ3n) is 6.69. The van der Waals surface area contributed by atoms with Crippen LogP contribution in [0.1, 0.15) is 29.0 Å². The number of aromatic nitrogens is 1. The lowest BCUT2D eigenvalue weighted by Gasteiger charge is -2.19. The van der Waals surface area contributed by atoms with Gasteiger partial charge in [0.05, 0.1) is 10.6 Å². The van der Waals surface area contributed by atoms with Crippen molar-refractivity contribution in [3.8, 4) is 0 Å². The van der Waals surface area contributed by atoms with Crippen molar-refractivity contribution >= 4 is 26.6 Å². The number of H-pyrrole nitrogens is 1. The first-order valence-corrected chi connectivity index (χ1v) is 12.5. The highest BCUT2D eigenvalue weighted by Crippen LogP contribution is 2.43. The SMILES string of the molecule is O=S(=O)(c1ccccc1)N1CCc2cc(C3CC3NCc3ccc4[nH]ccc4c3)ccc21. The number of fused-ring (bicyclic) bond motifs is 2. The fourth-order valence-electron chi connectivity index (χ4n) is 4.84. The summed E-state index contributed by atoms with van der Waals surface area (Å²) in [7, 11) is -3.51. The van der Waals surface area contributed by atoms with E-state index in [0.717, 1.165) is 30.6 Å². The minimum absolute atomic E-state index is 0.348. The third-order valence-corrected chi connectivity index (χ3v) is 8.52. The third kappa shape index (κ3) is 3.40. The maximum atomic E-state index is 13.1. The van der Waals surface area contributed by atoms with Gasteiger partial charge in [0.15, 0.2) is 0 Å². The Kier molecular flexibility index (Phi) is 4.59. The highest BCUT2D eigenvalue weighted by molar-refractivity contribution is 7.92. The van der Waals surface area contributed by atoms with Crippen molar-refractivity contribution in [2.24, 2.45) is 0 Å². The second-order valence-electron chi connectivity index (χ2n) is 8.76. The second kappa shape index (κ2) is 7.50. The van der Waals surface area contributed by atoms with Gasteiger partial charge in [0, 0.05) is 36.8 Å². The van der Waals surface area contributed by atoms with Gasteiger partial charge in [-0.05, 0) is 71.3 Å². The van der Waals surface area contributed by atoms with Crippen LogP contribution in [-0.4, -0.2) is 26.0 Å². The van der Waals surface area contributed by atoms with E-state index in [-0.39, 0.29) is 0 Å². The van der Waals surface area contributed by atoms with Crippen LogP contribution < -0.4 is 9.62 Å². The molecule has 1 aromatic heterocycles. The van der Waals surface area contributed by atoms with Crippen molar-refractivity contribution in [3.63, 3.8) is 0 Å². The summed E-state index contributed by atoms with van der Waals surface area (Å²) < 4.78 is 27.7. The maximum absolute atomic E-state index is 13.1. The summed E-state index contributed by atoms with van der Waals surface area (Å²) in [5, 5.41) is 4.93. The molecule has 1 aliphatic heterocycles. The largest absolute Gasteiger partial charge is 0.361 e. The summed E-state index contributed by atoms with van der Waals surface area (Å²) in [5.41, 5.74) is 5.72. The van der Waals surface area contributed by atoms with E-state index in [2.05, 4.69) is 46.7 Å². The van der Waals surface area contributed by atoms with Gasteiger partial charge in [0.1, 0.15) is 0 Å². The number of nitrogens with zero attached hydrogens (tertiary/aromatic N) is 1. The number of sulfonamides is 1. The van der Waals surface area contributed by atoms with Gasteiger partial charge in [0.25, 0.3) is 10.0 Å². The molecule has 32 heavy (non-hydrogen) atoms. The molecule has 2 atom stereocenters. The molecule has 5 nitrogen and oxygen atoms in total. The average molecular weight is 444 g/mol. The van der Waals surface area contributed by atoms with E-state index in [0.29, 0.717) is 23.4 Å². The molecule has 0 bridgehead atoms. The maximum Gasteiger partial charge on any atom is 0.264 e. The van der Waals surface area contributed by atoms with Crippen molar-refractivity contribution in [2.45, 2.75) is 36.2 Å². The summed E-state index contributed by atoms with van der Waals surface area (Å²) in [6.07, 6.45) is 3.85. The zero-order chi connectivity index (χ0) is 21.7. The fourth-order valence-corrected chi connectivity index (χ4v) is 6.37. The lowest BCUT2D eigenvalue weighted by Crippen LogP contribution is -2.29. The monoisotopic (exact) mass is 443 g/mol. The molecule has 6 heteroatoms. The Morgan fingerprint density at radius 1 is 1.00 bits per heavy atom. The number of benzene rings is 3. The Morgan fingerprint density at radius 3 is 2.75 bits per heavy atom. The molecule has 162 valence electrons. The number of hydrogen-bond acceptors (Lipinski definition) is 3. The summed E-state index contributed by atoms with van der Waals surface area (Å²) >= 11 is 0. The summed E-state index contributed by atoms with van der Waals surface area (Å²) in [4.78, 5) is 3.58. The van der Waals surface area contributed by atoms with E-state index < -0.39 is 10.0 Å². The van der Waals surface area contributed by atoms with Crippen LogP contribution in [0.4, 0.5) is 5.69 Å². The quantitative estimate of drug-likeness (QED) is 0.459. The number of hydrogen-bond donors (Lipinski definition) is 2. The van der Waals surface area contributed by atoms with Crippen molar-refractivity contribution in [3.05, 3.63) is 95.7 Å². The van der Waals surface area contributed by atoms with Gasteiger partial charge in [-0.25, -0.2) is 8.42 Å². The van der Waals surface area contributed by atoms with Crippen LogP contribution in [0.15, 0.2) is 83.9 Å².